The van der Waals surface area contributed by atoms with Crippen molar-refractivity contribution in [3.63, 3.8) is 0 Å². The van der Waals surface area contributed by atoms with Crippen molar-refractivity contribution in [2.75, 3.05) is 5.32 Å². The molecule has 1 N–H and O–H groups in total. The lowest BCUT2D eigenvalue weighted by atomic mass is 9.98. The van der Waals surface area contributed by atoms with Crippen molar-refractivity contribution in [3.05, 3.63) is 50.1 Å². The van der Waals surface area contributed by atoms with Crippen molar-refractivity contribution in [3.8, 4) is 0 Å². The molecule has 0 fully saturated rings. The highest BCUT2D eigenvalue weighted by Gasteiger charge is 2.13. The second-order valence-corrected chi connectivity index (χ2v) is 7.36. The minimum Gasteiger partial charge on any atom is -0.378 e. The van der Waals surface area contributed by atoms with E-state index in [0.29, 0.717) is 5.92 Å². The molecule has 0 spiro atoms. The number of hydrogen-bond donors (Lipinski definition) is 1. The van der Waals surface area contributed by atoms with Crippen molar-refractivity contribution in [2.24, 2.45) is 0 Å². The first-order valence-electron chi connectivity index (χ1n) is 6.82. The summed E-state index contributed by atoms with van der Waals surface area (Å²) in [5.74, 6) is 0.603. The predicted molar refractivity (Wildman–Crippen MR) is 91.5 cm³/mol. The third-order valence-corrected chi connectivity index (χ3v) is 5.14. The Morgan fingerprint density at radius 1 is 1.15 bits per heavy atom. The van der Waals surface area contributed by atoms with Gasteiger partial charge < -0.3 is 5.32 Å². The number of anilines is 1. The normalized spacial score (nSPS) is 14.1. The molecule has 1 aromatic heterocycles. The van der Waals surface area contributed by atoms with Crippen LogP contribution < -0.4 is 5.32 Å². The average Bonchev–Trinajstić information content (AvgIpc) is 2.78. The van der Waals surface area contributed by atoms with Crippen LogP contribution in [0, 0.1) is 0 Å². The van der Waals surface area contributed by atoms with Gasteiger partial charge in [-0.3, -0.25) is 0 Å². The van der Waals surface area contributed by atoms with Gasteiger partial charge in [-0.15, -0.1) is 11.3 Å². The van der Waals surface area contributed by atoms with Gasteiger partial charge in [-0.25, -0.2) is 0 Å². The number of hydrogen-bond acceptors (Lipinski definition) is 2. The molecular weight excluding hydrogens is 309 g/mol. The minimum atomic E-state index is 0.140. The lowest BCUT2D eigenvalue weighted by Crippen LogP contribution is -2.06. The van der Waals surface area contributed by atoms with Crippen LogP contribution in [0.15, 0.2) is 30.3 Å². The Morgan fingerprint density at radius 2 is 1.80 bits per heavy atom. The SMILES string of the molecule is CCC(C)c1ccc(NC(C)c2cc(Cl)sc2Cl)cc1. The largest absolute Gasteiger partial charge is 0.378 e. The first kappa shape index (κ1) is 15.7. The van der Waals surface area contributed by atoms with Crippen molar-refractivity contribution in [1.29, 1.82) is 0 Å². The number of thiophene rings is 1. The van der Waals surface area contributed by atoms with E-state index in [4.69, 9.17) is 23.2 Å². The number of nitrogens with one attached hydrogen (secondary N) is 1. The van der Waals surface area contributed by atoms with Crippen LogP contribution in [0.1, 0.15) is 50.3 Å². The highest BCUT2D eigenvalue weighted by Crippen LogP contribution is 2.36. The van der Waals surface area contributed by atoms with E-state index in [1.807, 2.05) is 6.07 Å². The van der Waals surface area contributed by atoms with Gasteiger partial charge in [0.05, 0.1) is 14.7 Å². The highest BCUT2D eigenvalue weighted by atomic mass is 35.5. The molecular formula is C16H19Cl2NS. The molecule has 0 saturated carbocycles. The Kier molecular flexibility index (Phi) is 5.36. The van der Waals surface area contributed by atoms with Gasteiger partial charge in [0.25, 0.3) is 0 Å². The van der Waals surface area contributed by atoms with Crippen LogP contribution >= 0.6 is 34.5 Å². The summed E-state index contributed by atoms with van der Waals surface area (Å²) in [5.41, 5.74) is 3.53. The summed E-state index contributed by atoms with van der Waals surface area (Å²) in [6.45, 7) is 6.55. The van der Waals surface area contributed by atoms with Crippen molar-refractivity contribution < 1.29 is 0 Å². The van der Waals surface area contributed by atoms with Gasteiger partial charge in [0, 0.05) is 11.3 Å². The van der Waals surface area contributed by atoms with E-state index in [0.717, 1.165) is 26.3 Å². The van der Waals surface area contributed by atoms with Crippen LogP contribution in [0.25, 0.3) is 0 Å². The fourth-order valence-electron chi connectivity index (χ4n) is 2.12. The average molecular weight is 328 g/mol. The van der Waals surface area contributed by atoms with Gasteiger partial charge in [-0.1, -0.05) is 49.2 Å². The maximum atomic E-state index is 6.19. The summed E-state index contributed by atoms with van der Waals surface area (Å²) in [5, 5.41) is 3.46. The molecule has 0 radical (unpaired) electrons. The van der Waals surface area contributed by atoms with Gasteiger partial charge >= 0.3 is 0 Å². The second kappa shape index (κ2) is 6.84. The fourth-order valence-corrected chi connectivity index (χ4v) is 3.77. The van der Waals surface area contributed by atoms with Crippen LogP contribution in [0.2, 0.25) is 8.67 Å². The molecule has 0 amide bonds. The Bertz CT molecular complexity index is 562. The molecule has 0 aliphatic rings. The molecule has 2 rings (SSSR count). The maximum absolute atomic E-state index is 6.19. The zero-order chi connectivity index (χ0) is 14.7. The van der Waals surface area contributed by atoms with Crippen molar-refractivity contribution in [2.45, 2.75) is 39.2 Å². The fraction of sp³-hybridized carbons (Fsp3) is 0.375. The van der Waals surface area contributed by atoms with Gasteiger partial charge in [0.2, 0.25) is 0 Å². The number of rotatable bonds is 5. The van der Waals surface area contributed by atoms with Crippen molar-refractivity contribution in [1.82, 2.24) is 0 Å². The predicted octanol–water partition coefficient (Wildman–Crippen LogP) is 6.74. The zero-order valence-electron chi connectivity index (χ0n) is 11.9. The van der Waals surface area contributed by atoms with Gasteiger partial charge in [-0.05, 0) is 43.0 Å². The highest BCUT2D eigenvalue weighted by molar-refractivity contribution is 7.20. The quantitative estimate of drug-likeness (QED) is 0.641. The third kappa shape index (κ3) is 3.69. The maximum Gasteiger partial charge on any atom is 0.0996 e. The van der Waals surface area contributed by atoms with E-state index in [9.17, 15) is 0 Å². The smallest absolute Gasteiger partial charge is 0.0996 e. The first-order chi connectivity index (χ1) is 9.51. The summed E-state index contributed by atoms with van der Waals surface area (Å²) in [7, 11) is 0. The number of halogens is 2. The molecule has 1 heterocycles. The molecule has 4 heteroatoms. The summed E-state index contributed by atoms with van der Waals surface area (Å²) in [6, 6.07) is 10.7. The summed E-state index contributed by atoms with van der Waals surface area (Å²) >= 11 is 13.6. The van der Waals surface area contributed by atoms with Crippen molar-refractivity contribution >= 4 is 40.2 Å². The zero-order valence-corrected chi connectivity index (χ0v) is 14.2. The standard InChI is InChI=1S/C16H19Cl2NS/c1-4-10(2)12-5-7-13(8-6-12)19-11(3)14-9-15(17)20-16(14)18/h5-11,19H,4H2,1-3H3. The van der Waals surface area contributed by atoms with Gasteiger partial charge in [0.15, 0.2) is 0 Å². The van der Waals surface area contributed by atoms with E-state index in [1.165, 1.54) is 16.9 Å². The summed E-state index contributed by atoms with van der Waals surface area (Å²) in [6.07, 6.45) is 1.16. The molecule has 0 aliphatic heterocycles. The molecule has 2 aromatic rings. The van der Waals surface area contributed by atoms with E-state index < -0.39 is 0 Å². The molecule has 2 atom stereocenters. The van der Waals surface area contributed by atoms with Crippen LogP contribution in [0.5, 0.6) is 0 Å². The Hall–Kier alpha value is -0.700. The van der Waals surface area contributed by atoms with E-state index in [-0.39, 0.29) is 6.04 Å². The number of benzene rings is 1. The Labute approximate surface area is 134 Å². The van der Waals surface area contributed by atoms with Crippen LogP contribution in [0.3, 0.4) is 0 Å². The second-order valence-electron chi connectivity index (χ2n) is 5.08. The first-order valence-corrected chi connectivity index (χ1v) is 8.39. The molecule has 1 nitrogen and oxygen atoms in total. The van der Waals surface area contributed by atoms with Gasteiger partial charge in [-0.2, -0.15) is 0 Å². The van der Waals surface area contributed by atoms with E-state index in [1.54, 1.807) is 0 Å². The lowest BCUT2D eigenvalue weighted by Gasteiger charge is -2.16. The third-order valence-electron chi connectivity index (χ3n) is 3.62. The van der Waals surface area contributed by atoms with Crippen LogP contribution in [-0.4, -0.2) is 0 Å². The Morgan fingerprint density at radius 3 is 2.30 bits per heavy atom. The summed E-state index contributed by atoms with van der Waals surface area (Å²) < 4.78 is 1.48. The molecule has 20 heavy (non-hydrogen) atoms. The molecule has 0 bridgehead atoms. The van der Waals surface area contributed by atoms with Crippen LogP contribution in [-0.2, 0) is 0 Å². The minimum absolute atomic E-state index is 0.140. The van der Waals surface area contributed by atoms with Gasteiger partial charge in [0.1, 0.15) is 0 Å². The molecule has 0 aliphatic carbocycles. The topological polar surface area (TPSA) is 12.0 Å². The van der Waals surface area contributed by atoms with E-state index >= 15 is 0 Å². The molecule has 1 aromatic carbocycles. The Balaban J connectivity index is 2.08. The lowest BCUT2D eigenvalue weighted by molar-refractivity contribution is 0.733. The monoisotopic (exact) mass is 327 g/mol. The molecule has 2 unspecified atom stereocenters. The molecule has 108 valence electrons. The van der Waals surface area contributed by atoms with E-state index in [2.05, 4.69) is 50.4 Å². The van der Waals surface area contributed by atoms with Crippen LogP contribution in [0.4, 0.5) is 5.69 Å². The summed E-state index contributed by atoms with van der Waals surface area (Å²) in [4.78, 5) is 0. The molecule has 0 saturated heterocycles.